The Hall–Kier alpha value is -5.50. The van der Waals surface area contributed by atoms with Crippen molar-refractivity contribution in [2.24, 2.45) is 10.7 Å². The maximum atomic E-state index is 12.9. The van der Waals surface area contributed by atoms with Crippen molar-refractivity contribution in [3.8, 4) is 0 Å². The van der Waals surface area contributed by atoms with Gasteiger partial charge in [-0.1, -0.05) is 18.7 Å². The lowest BCUT2D eigenvalue weighted by atomic mass is 10.1. The van der Waals surface area contributed by atoms with Crippen LogP contribution in [0.4, 0.5) is 17.1 Å². The third-order valence-corrected chi connectivity index (χ3v) is 8.30. The second-order valence-corrected chi connectivity index (χ2v) is 11.6. The van der Waals surface area contributed by atoms with E-state index in [0.717, 1.165) is 0 Å². The summed E-state index contributed by atoms with van der Waals surface area (Å²) in [6.07, 6.45) is 2.91. The van der Waals surface area contributed by atoms with Crippen LogP contribution in [0.3, 0.4) is 0 Å². The standard InChI is InChI=1S/C31H33N7O6S/c1-22(33-26-8-6-25(7-9-26)31(40)37-20-18-36(19-21-37)23(2)39)34-30(16-17-32)24-4-10-27(11-5-24)35-45(42,43)29-14-12-28(13-15-29)38(41)44-3/h4-17H,1,18-21H2,2-3H3,(H3-,32,33,34,35,40)/p+1. The molecule has 45 heavy (non-hydrogen) atoms. The van der Waals surface area contributed by atoms with E-state index in [1.165, 1.54) is 44.5 Å². The molecule has 4 rings (SSSR count). The molecule has 0 atom stereocenters. The quantitative estimate of drug-likeness (QED) is 0.213. The van der Waals surface area contributed by atoms with Gasteiger partial charge in [-0.2, -0.15) is 0 Å². The zero-order chi connectivity index (χ0) is 32.6. The molecule has 1 aliphatic heterocycles. The summed E-state index contributed by atoms with van der Waals surface area (Å²) < 4.78 is 28.2. The number of allylic oxidation sites excluding steroid dienone is 1. The van der Waals surface area contributed by atoms with Crippen LogP contribution >= 0.6 is 0 Å². The summed E-state index contributed by atoms with van der Waals surface area (Å²) in [5, 5.41) is 3.09. The summed E-state index contributed by atoms with van der Waals surface area (Å²) >= 11 is 0. The third kappa shape index (κ3) is 8.32. The van der Waals surface area contributed by atoms with Gasteiger partial charge in [0.15, 0.2) is 7.11 Å². The Kier molecular flexibility index (Phi) is 10.3. The molecule has 0 aliphatic carbocycles. The first-order valence-corrected chi connectivity index (χ1v) is 15.3. The van der Waals surface area contributed by atoms with Crippen molar-refractivity contribution in [2.75, 3.05) is 43.3 Å². The van der Waals surface area contributed by atoms with Crippen molar-refractivity contribution < 1.29 is 27.8 Å². The number of rotatable bonds is 11. The molecule has 0 unspecified atom stereocenters. The fourth-order valence-electron chi connectivity index (χ4n) is 4.51. The number of piperazine rings is 1. The lowest BCUT2D eigenvalue weighted by molar-refractivity contribution is -0.736. The molecule has 14 heteroatoms. The molecule has 1 saturated heterocycles. The van der Waals surface area contributed by atoms with Crippen molar-refractivity contribution in [1.82, 2.24) is 9.80 Å². The third-order valence-electron chi connectivity index (χ3n) is 6.90. The number of carbonyl (C=O) groups is 2. The van der Waals surface area contributed by atoms with Gasteiger partial charge in [0.1, 0.15) is 5.82 Å². The van der Waals surface area contributed by atoms with Crippen molar-refractivity contribution in [1.29, 1.82) is 0 Å². The molecule has 13 nitrogen and oxygen atoms in total. The van der Waals surface area contributed by atoms with E-state index in [1.807, 2.05) is 0 Å². The Morgan fingerprint density at radius 1 is 0.911 bits per heavy atom. The van der Waals surface area contributed by atoms with Crippen LogP contribution in [0.15, 0.2) is 107 Å². The van der Waals surface area contributed by atoms with E-state index in [4.69, 9.17) is 5.73 Å². The summed E-state index contributed by atoms with van der Waals surface area (Å²) in [6, 6.07) is 18.7. The average molecular weight is 633 g/mol. The predicted octanol–water partition coefficient (Wildman–Crippen LogP) is 3.61. The lowest BCUT2D eigenvalue weighted by Crippen LogP contribution is -2.50. The van der Waals surface area contributed by atoms with Crippen molar-refractivity contribution in [3.05, 3.63) is 114 Å². The Morgan fingerprint density at radius 3 is 2.02 bits per heavy atom. The average Bonchev–Trinajstić information content (AvgIpc) is 3.04. The number of nitrogens with two attached hydrogens (primary N) is 1. The minimum Gasteiger partial charge on any atom is -0.405 e. The van der Waals surface area contributed by atoms with Crippen LogP contribution in [-0.2, 0) is 19.7 Å². The zero-order valence-corrected chi connectivity index (χ0v) is 25.7. The molecule has 0 spiro atoms. The smallest absolute Gasteiger partial charge is 0.316 e. The van der Waals surface area contributed by atoms with E-state index in [0.29, 0.717) is 60.2 Å². The van der Waals surface area contributed by atoms with Crippen LogP contribution in [0.1, 0.15) is 22.8 Å². The van der Waals surface area contributed by atoms with Crippen LogP contribution in [0, 0.1) is 4.91 Å². The van der Waals surface area contributed by atoms with E-state index in [9.17, 15) is 22.9 Å². The zero-order valence-electron chi connectivity index (χ0n) is 24.8. The van der Waals surface area contributed by atoms with Crippen LogP contribution in [0.25, 0.3) is 0 Å². The Morgan fingerprint density at radius 2 is 1.47 bits per heavy atom. The largest absolute Gasteiger partial charge is 0.405 e. The van der Waals surface area contributed by atoms with Gasteiger partial charge in [0, 0.05) is 67.7 Å². The molecule has 1 aliphatic rings. The van der Waals surface area contributed by atoms with Crippen molar-refractivity contribution >= 4 is 44.6 Å². The van der Waals surface area contributed by atoms with Gasteiger partial charge < -0.3 is 20.9 Å². The first-order chi connectivity index (χ1) is 21.5. The minimum absolute atomic E-state index is 0.00643. The molecule has 0 aromatic heterocycles. The fraction of sp³-hybridized carbons (Fsp3) is 0.194. The number of nitrogens with zero attached hydrogens (tertiary/aromatic N) is 4. The summed E-state index contributed by atoms with van der Waals surface area (Å²) in [7, 11) is -2.71. The molecule has 0 radical (unpaired) electrons. The second-order valence-electron chi connectivity index (χ2n) is 9.92. The molecule has 1 fully saturated rings. The van der Waals surface area contributed by atoms with E-state index in [2.05, 4.69) is 26.4 Å². The maximum absolute atomic E-state index is 12.9. The summed E-state index contributed by atoms with van der Waals surface area (Å²) in [6.45, 7) is 7.50. The fourth-order valence-corrected chi connectivity index (χ4v) is 5.57. The van der Waals surface area contributed by atoms with Gasteiger partial charge in [-0.15, -0.1) is 0 Å². The number of hydrogen-bond donors (Lipinski definition) is 3. The van der Waals surface area contributed by atoms with Gasteiger partial charge >= 0.3 is 5.69 Å². The number of aliphatic imine (C=N–C) groups is 1. The number of anilines is 2. The minimum atomic E-state index is -3.92. The van der Waals surface area contributed by atoms with Crippen LogP contribution in [0.2, 0.25) is 0 Å². The lowest BCUT2D eigenvalue weighted by Gasteiger charge is -2.34. The normalized spacial score (nSPS) is 13.8. The van der Waals surface area contributed by atoms with E-state index in [1.54, 1.807) is 64.4 Å². The summed E-state index contributed by atoms with van der Waals surface area (Å²) in [5.74, 6) is 0.214. The van der Waals surface area contributed by atoms with Crippen LogP contribution in [-0.4, -0.2) is 74.0 Å². The number of benzene rings is 3. The highest BCUT2D eigenvalue weighted by molar-refractivity contribution is 7.92. The van der Waals surface area contributed by atoms with Gasteiger partial charge in [-0.3, -0.25) is 14.3 Å². The highest BCUT2D eigenvalue weighted by Gasteiger charge is 2.23. The molecule has 234 valence electrons. The first-order valence-electron chi connectivity index (χ1n) is 13.8. The Balaban J connectivity index is 1.39. The summed E-state index contributed by atoms with van der Waals surface area (Å²) in [4.78, 5) is 48.8. The SMILES string of the molecule is C=C(/N=C(\C=C/N)c1ccc(NS(=O)(=O)c2ccc([N+](=O)OC)cc2)cc1)Nc1ccc(C(=O)N2CCN(C(C)=O)CC2)cc1. The second kappa shape index (κ2) is 14.3. The molecular formula is C31H34N7O6S+. The van der Waals surface area contributed by atoms with Crippen LogP contribution < -0.4 is 15.8 Å². The maximum Gasteiger partial charge on any atom is 0.316 e. The number of carbonyl (C=O) groups excluding carboxylic acids is 2. The molecule has 2 amide bonds. The number of amides is 2. The molecule has 1 heterocycles. The highest BCUT2D eigenvalue weighted by Crippen LogP contribution is 2.21. The molecule has 3 aromatic rings. The van der Waals surface area contributed by atoms with E-state index in [-0.39, 0.29) is 27.3 Å². The van der Waals surface area contributed by atoms with Gasteiger partial charge in [-0.05, 0) is 60.8 Å². The highest BCUT2D eigenvalue weighted by atomic mass is 32.2. The first kappa shape index (κ1) is 32.4. The van der Waals surface area contributed by atoms with Crippen molar-refractivity contribution in [3.63, 3.8) is 0 Å². The van der Waals surface area contributed by atoms with Crippen LogP contribution in [0.5, 0.6) is 0 Å². The monoisotopic (exact) mass is 632 g/mol. The molecule has 0 bridgehead atoms. The molecule has 0 saturated carbocycles. The van der Waals surface area contributed by atoms with Gasteiger partial charge in [-0.25, -0.2) is 18.2 Å². The molecular weight excluding hydrogens is 598 g/mol. The van der Waals surface area contributed by atoms with E-state index >= 15 is 0 Å². The van der Waals surface area contributed by atoms with Gasteiger partial charge in [0.05, 0.1) is 15.5 Å². The van der Waals surface area contributed by atoms with Crippen molar-refractivity contribution in [2.45, 2.75) is 11.8 Å². The topological polar surface area (TPSA) is 167 Å². The summed E-state index contributed by atoms with van der Waals surface area (Å²) in [5.41, 5.74) is 8.43. The van der Waals surface area contributed by atoms with E-state index < -0.39 is 10.0 Å². The Labute approximate surface area is 261 Å². The van der Waals surface area contributed by atoms with Gasteiger partial charge in [0.25, 0.3) is 20.9 Å². The molecule has 3 aromatic carbocycles. The number of nitrogens with one attached hydrogen (secondary N) is 2. The van der Waals surface area contributed by atoms with Gasteiger partial charge in [0.2, 0.25) is 5.91 Å². The Bertz CT molecular complexity index is 1730. The number of hydrogen-bond acceptors (Lipinski definition) is 9. The molecule has 4 N–H and O–H groups in total. The predicted molar refractivity (Wildman–Crippen MR) is 171 cm³/mol. The number of sulfonamides is 1.